The summed E-state index contributed by atoms with van der Waals surface area (Å²) >= 11 is 0. The van der Waals surface area contributed by atoms with Crippen LogP contribution in [0, 0.1) is 17.0 Å². The number of carbonyl (C=O) groups is 1. The predicted molar refractivity (Wildman–Crippen MR) is 68.8 cm³/mol. The van der Waals surface area contributed by atoms with Crippen LogP contribution in [-0.4, -0.2) is 51.6 Å². The molecule has 0 saturated carbocycles. The number of rotatable bonds is 4. The van der Waals surface area contributed by atoms with Gasteiger partial charge in [0.15, 0.2) is 0 Å². The van der Waals surface area contributed by atoms with Gasteiger partial charge in [-0.15, -0.1) is 0 Å². The first-order chi connectivity index (χ1) is 9.36. The molecule has 1 aliphatic rings. The molecule has 1 aromatic heterocycles. The van der Waals surface area contributed by atoms with Crippen molar-refractivity contribution in [3.05, 3.63) is 15.8 Å². The van der Waals surface area contributed by atoms with Crippen molar-refractivity contribution in [2.24, 2.45) is 7.05 Å². The fourth-order valence-corrected chi connectivity index (χ4v) is 2.61. The number of ether oxygens (including phenoxy) is 1. The second-order valence-electron chi connectivity index (χ2n) is 4.74. The monoisotopic (exact) mass is 284 g/mol. The highest BCUT2D eigenvalue weighted by Gasteiger charge is 2.42. The molecule has 0 aromatic carbocycles. The van der Waals surface area contributed by atoms with E-state index in [1.807, 2.05) is 0 Å². The number of carboxylic acid groups (broad SMARTS) is 1. The van der Waals surface area contributed by atoms with E-state index in [4.69, 9.17) is 4.74 Å². The molecule has 0 bridgehead atoms. The second kappa shape index (κ2) is 5.08. The summed E-state index contributed by atoms with van der Waals surface area (Å²) in [5, 5.41) is 24.5. The minimum Gasteiger partial charge on any atom is -0.480 e. The number of methoxy groups -OCH3 is 1. The van der Waals surface area contributed by atoms with Gasteiger partial charge in [-0.25, -0.2) is 9.48 Å². The first-order valence-electron chi connectivity index (χ1n) is 6.07. The number of aliphatic carboxylic acids is 1. The Hall–Kier alpha value is -2.16. The van der Waals surface area contributed by atoms with Crippen molar-refractivity contribution in [3.8, 4) is 0 Å². The third-order valence-corrected chi connectivity index (χ3v) is 3.50. The van der Waals surface area contributed by atoms with E-state index in [1.54, 1.807) is 7.05 Å². The lowest BCUT2D eigenvalue weighted by molar-refractivity contribution is -0.384. The van der Waals surface area contributed by atoms with Crippen LogP contribution in [0.2, 0.25) is 0 Å². The molecule has 1 saturated heterocycles. The lowest BCUT2D eigenvalue weighted by atomic mass is 10.2. The zero-order valence-electron chi connectivity index (χ0n) is 11.4. The third kappa shape index (κ3) is 2.20. The summed E-state index contributed by atoms with van der Waals surface area (Å²) < 4.78 is 6.53. The number of hydrogen-bond donors (Lipinski definition) is 1. The van der Waals surface area contributed by atoms with Crippen LogP contribution in [-0.2, 0) is 16.6 Å². The van der Waals surface area contributed by atoms with E-state index in [0.29, 0.717) is 0 Å². The molecule has 0 aliphatic carbocycles. The fraction of sp³-hybridized carbons (Fsp3) is 0.636. The van der Waals surface area contributed by atoms with Crippen molar-refractivity contribution in [2.45, 2.75) is 25.5 Å². The molecular formula is C11H16N4O5. The normalized spacial score (nSPS) is 22.2. The van der Waals surface area contributed by atoms with Gasteiger partial charge in [0.2, 0.25) is 5.82 Å². The van der Waals surface area contributed by atoms with Crippen molar-refractivity contribution in [1.29, 1.82) is 0 Å². The van der Waals surface area contributed by atoms with Crippen molar-refractivity contribution in [1.82, 2.24) is 9.78 Å². The number of nitrogens with zero attached hydrogens (tertiary/aromatic N) is 4. The third-order valence-electron chi connectivity index (χ3n) is 3.50. The van der Waals surface area contributed by atoms with Gasteiger partial charge in [-0.2, -0.15) is 5.10 Å². The smallest absolute Gasteiger partial charge is 0.333 e. The molecule has 110 valence electrons. The van der Waals surface area contributed by atoms with Gasteiger partial charge in [0.1, 0.15) is 11.7 Å². The van der Waals surface area contributed by atoms with Gasteiger partial charge in [0.05, 0.1) is 11.0 Å². The van der Waals surface area contributed by atoms with E-state index in [-0.39, 0.29) is 36.3 Å². The number of hydrogen-bond acceptors (Lipinski definition) is 6. The molecule has 20 heavy (non-hydrogen) atoms. The van der Waals surface area contributed by atoms with Crippen molar-refractivity contribution in [2.75, 3.05) is 18.6 Å². The van der Waals surface area contributed by atoms with Crippen LogP contribution < -0.4 is 4.90 Å². The number of aromatic nitrogens is 2. The molecule has 9 nitrogen and oxygen atoms in total. The number of anilines is 1. The maximum atomic E-state index is 11.3. The summed E-state index contributed by atoms with van der Waals surface area (Å²) in [6.45, 7) is 1.81. The van der Waals surface area contributed by atoms with Gasteiger partial charge in [0, 0.05) is 27.1 Å². The lowest BCUT2D eigenvalue weighted by Gasteiger charge is -2.22. The van der Waals surface area contributed by atoms with Crippen molar-refractivity contribution >= 4 is 17.5 Å². The summed E-state index contributed by atoms with van der Waals surface area (Å²) in [7, 11) is 3.06. The average Bonchev–Trinajstić information content (AvgIpc) is 2.89. The Morgan fingerprint density at radius 1 is 1.60 bits per heavy atom. The first-order valence-corrected chi connectivity index (χ1v) is 6.07. The Kier molecular flexibility index (Phi) is 3.62. The Morgan fingerprint density at radius 2 is 2.25 bits per heavy atom. The van der Waals surface area contributed by atoms with Crippen LogP contribution in [0.4, 0.5) is 11.5 Å². The summed E-state index contributed by atoms with van der Waals surface area (Å²) in [6, 6.07) is -0.853. The molecule has 2 atom stereocenters. The molecule has 2 rings (SSSR count). The molecule has 2 unspecified atom stereocenters. The van der Waals surface area contributed by atoms with Crippen LogP contribution in [0.1, 0.15) is 12.1 Å². The summed E-state index contributed by atoms with van der Waals surface area (Å²) in [5.74, 6) is -0.822. The zero-order chi connectivity index (χ0) is 15.0. The average molecular weight is 284 g/mol. The Bertz CT molecular complexity index is 555. The largest absolute Gasteiger partial charge is 0.480 e. The van der Waals surface area contributed by atoms with Crippen molar-refractivity contribution in [3.63, 3.8) is 0 Å². The highest BCUT2D eigenvalue weighted by molar-refractivity contribution is 5.80. The maximum absolute atomic E-state index is 11.3. The summed E-state index contributed by atoms with van der Waals surface area (Å²) in [5.41, 5.74) is 0.105. The van der Waals surface area contributed by atoms with Gasteiger partial charge < -0.3 is 14.7 Å². The van der Waals surface area contributed by atoms with Gasteiger partial charge in [-0.05, 0) is 6.92 Å². The van der Waals surface area contributed by atoms with E-state index in [1.165, 1.54) is 23.6 Å². The van der Waals surface area contributed by atoms with Crippen LogP contribution in [0.5, 0.6) is 0 Å². The molecule has 2 heterocycles. The molecule has 1 fully saturated rings. The molecule has 0 amide bonds. The van der Waals surface area contributed by atoms with Gasteiger partial charge >= 0.3 is 11.7 Å². The highest BCUT2D eigenvalue weighted by Crippen LogP contribution is 2.36. The fourth-order valence-electron chi connectivity index (χ4n) is 2.61. The number of carboxylic acids is 1. The van der Waals surface area contributed by atoms with Crippen LogP contribution in [0.25, 0.3) is 0 Å². The second-order valence-corrected chi connectivity index (χ2v) is 4.74. The van der Waals surface area contributed by atoms with E-state index in [9.17, 15) is 20.0 Å². The molecule has 0 spiro atoms. The Morgan fingerprint density at radius 3 is 2.75 bits per heavy atom. The summed E-state index contributed by atoms with van der Waals surface area (Å²) in [6.07, 6.45) is 0.0126. The number of nitro groups is 1. The minimum absolute atomic E-state index is 0.157. The lowest BCUT2D eigenvalue weighted by Crippen LogP contribution is -2.37. The van der Waals surface area contributed by atoms with E-state index < -0.39 is 16.9 Å². The Labute approximate surface area is 114 Å². The quantitative estimate of drug-likeness (QED) is 0.625. The zero-order valence-corrected chi connectivity index (χ0v) is 11.4. The maximum Gasteiger partial charge on any atom is 0.333 e. The first kappa shape index (κ1) is 14.3. The Balaban J connectivity index is 2.49. The topological polar surface area (TPSA) is 111 Å². The molecule has 1 aliphatic heterocycles. The molecule has 1 aromatic rings. The van der Waals surface area contributed by atoms with E-state index >= 15 is 0 Å². The molecule has 1 N–H and O–H groups in total. The minimum atomic E-state index is -1.03. The van der Waals surface area contributed by atoms with Crippen molar-refractivity contribution < 1.29 is 19.6 Å². The molecular weight excluding hydrogens is 268 g/mol. The van der Waals surface area contributed by atoms with Gasteiger partial charge in [0.25, 0.3) is 0 Å². The predicted octanol–water partition coefficient (Wildman–Crippen LogP) is 0.315. The van der Waals surface area contributed by atoms with Gasteiger partial charge in [-0.3, -0.25) is 10.1 Å². The highest BCUT2D eigenvalue weighted by atomic mass is 16.6. The van der Waals surface area contributed by atoms with E-state index in [2.05, 4.69) is 5.10 Å². The van der Waals surface area contributed by atoms with Crippen LogP contribution in [0.3, 0.4) is 0 Å². The number of aryl methyl sites for hydroxylation is 2. The summed E-state index contributed by atoms with van der Waals surface area (Å²) in [4.78, 5) is 23.5. The van der Waals surface area contributed by atoms with Gasteiger partial charge in [-0.1, -0.05) is 0 Å². The van der Waals surface area contributed by atoms with Crippen LogP contribution in [0.15, 0.2) is 0 Å². The van der Waals surface area contributed by atoms with Crippen LogP contribution >= 0.6 is 0 Å². The SMILES string of the molecule is COC1CC(C(=O)O)N(c2c([N+](=O)[O-])c(C)nn2C)C1. The molecule has 9 heteroatoms. The standard InChI is InChI=1S/C11H16N4O5/c1-6-9(15(18)19)10(13(2)12-6)14-5-7(20-3)4-8(14)11(16)17/h7-8H,4-5H2,1-3H3,(H,16,17). The van der Waals surface area contributed by atoms with E-state index in [0.717, 1.165) is 0 Å². The molecule has 0 radical (unpaired) electrons.